The van der Waals surface area contributed by atoms with Crippen LogP contribution in [0.25, 0.3) is 12.2 Å². The van der Waals surface area contributed by atoms with E-state index in [2.05, 4.69) is 10.5 Å². The van der Waals surface area contributed by atoms with E-state index in [9.17, 15) is 9.65 Å². The number of halogens is 2. The Labute approximate surface area is 131 Å². The van der Waals surface area contributed by atoms with Gasteiger partial charge in [0.2, 0.25) is 0 Å². The van der Waals surface area contributed by atoms with Gasteiger partial charge in [-0.05, 0) is 31.0 Å². The maximum absolute atomic E-state index is 13.8. The lowest BCUT2D eigenvalue weighted by molar-refractivity contribution is 0.394. The molecular weight excluding hydrogens is 305 g/mol. The van der Waals surface area contributed by atoms with Gasteiger partial charge in [-0.2, -0.15) is 5.26 Å². The SMILES string of the molecule is N#Cc1cnc2c(c1ONc1ccc(Cl)cc1F)=CCCC=2. The fourth-order valence-electron chi connectivity index (χ4n) is 2.20. The number of nitrogens with zero attached hydrogens (tertiary/aromatic N) is 2. The van der Waals surface area contributed by atoms with Crippen molar-refractivity contribution in [2.45, 2.75) is 12.8 Å². The highest BCUT2D eigenvalue weighted by Gasteiger charge is 2.11. The van der Waals surface area contributed by atoms with Gasteiger partial charge in [0.25, 0.3) is 0 Å². The number of benzene rings is 1. The molecule has 0 spiro atoms. The number of aromatic nitrogens is 1. The van der Waals surface area contributed by atoms with Crippen molar-refractivity contribution in [3.8, 4) is 11.8 Å². The molecule has 0 amide bonds. The van der Waals surface area contributed by atoms with Crippen LogP contribution in [0.1, 0.15) is 18.4 Å². The van der Waals surface area contributed by atoms with Crippen molar-refractivity contribution in [1.82, 2.24) is 4.98 Å². The molecule has 1 aromatic carbocycles. The zero-order chi connectivity index (χ0) is 15.5. The smallest absolute Gasteiger partial charge is 0.183 e. The van der Waals surface area contributed by atoms with Crippen molar-refractivity contribution >= 4 is 29.4 Å². The summed E-state index contributed by atoms with van der Waals surface area (Å²) in [5.41, 5.74) is 2.96. The van der Waals surface area contributed by atoms with E-state index in [1.807, 2.05) is 18.2 Å². The van der Waals surface area contributed by atoms with E-state index in [1.165, 1.54) is 18.3 Å². The summed E-state index contributed by atoms with van der Waals surface area (Å²) in [4.78, 5) is 9.71. The molecule has 110 valence electrons. The normalized spacial score (nSPS) is 12.4. The van der Waals surface area contributed by atoms with Crippen LogP contribution in [0.15, 0.2) is 24.4 Å². The average Bonchev–Trinajstić information content (AvgIpc) is 2.53. The van der Waals surface area contributed by atoms with E-state index in [0.29, 0.717) is 10.8 Å². The van der Waals surface area contributed by atoms with Gasteiger partial charge in [-0.3, -0.25) is 4.98 Å². The second kappa shape index (κ2) is 6.04. The van der Waals surface area contributed by atoms with E-state index >= 15 is 0 Å². The third-order valence-electron chi connectivity index (χ3n) is 3.27. The van der Waals surface area contributed by atoms with Crippen LogP contribution in [0.2, 0.25) is 5.02 Å². The summed E-state index contributed by atoms with van der Waals surface area (Å²) in [5, 5.41) is 11.0. The Bertz CT molecular complexity index is 889. The van der Waals surface area contributed by atoms with E-state index in [1.54, 1.807) is 6.07 Å². The lowest BCUT2D eigenvalue weighted by Gasteiger charge is -2.12. The first-order chi connectivity index (χ1) is 10.7. The molecule has 4 nitrogen and oxygen atoms in total. The van der Waals surface area contributed by atoms with Crippen LogP contribution in [0.5, 0.6) is 5.75 Å². The minimum atomic E-state index is -0.538. The second-order valence-corrected chi connectivity index (χ2v) is 5.16. The molecule has 3 rings (SSSR count). The van der Waals surface area contributed by atoms with Crippen molar-refractivity contribution in [2.75, 3.05) is 5.48 Å². The van der Waals surface area contributed by atoms with E-state index < -0.39 is 5.82 Å². The number of hydrogen-bond donors (Lipinski definition) is 1. The zero-order valence-corrected chi connectivity index (χ0v) is 12.2. The number of nitrogens with one attached hydrogen (secondary N) is 1. The summed E-state index contributed by atoms with van der Waals surface area (Å²) >= 11 is 5.71. The molecule has 0 saturated carbocycles. The molecule has 1 aromatic heterocycles. The quantitative estimate of drug-likeness (QED) is 0.884. The van der Waals surface area contributed by atoms with Crippen molar-refractivity contribution in [1.29, 1.82) is 5.26 Å². The Morgan fingerprint density at radius 3 is 2.91 bits per heavy atom. The van der Waals surface area contributed by atoms with Gasteiger partial charge in [0.1, 0.15) is 17.3 Å². The first-order valence-corrected chi connectivity index (χ1v) is 7.04. The van der Waals surface area contributed by atoms with Gasteiger partial charge in [-0.1, -0.05) is 23.8 Å². The van der Waals surface area contributed by atoms with Gasteiger partial charge in [0, 0.05) is 16.4 Å². The molecule has 0 atom stereocenters. The average molecular weight is 316 g/mol. The van der Waals surface area contributed by atoms with Crippen molar-refractivity contribution in [3.63, 3.8) is 0 Å². The first kappa shape index (κ1) is 14.4. The molecule has 0 fully saturated rings. The predicted molar refractivity (Wildman–Crippen MR) is 82.0 cm³/mol. The van der Waals surface area contributed by atoms with Gasteiger partial charge in [0.15, 0.2) is 11.6 Å². The van der Waals surface area contributed by atoms with Gasteiger partial charge in [0.05, 0.1) is 5.35 Å². The molecule has 1 aliphatic rings. The minimum Gasteiger partial charge on any atom is -0.380 e. The summed E-state index contributed by atoms with van der Waals surface area (Å²) in [6.07, 6.45) is 7.12. The third-order valence-corrected chi connectivity index (χ3v) is 3.50. The highest BCUT2D eigenvalue weighted by molar-refractivity contribution is 6.30. The van der Waals surface area contributed by atoms with Crippen LogP contribution >= 0.6 is 11.6 Å². The highest BCUT2D eigenvalue weighted by Crippen LogP contribution is 2.20. The lowest BCUT2D eigenvalue weighted by Crippen LogP contribution is -2.33. The van der Waals surface area contributed by atoms with E-state index in [0.717, 1.165) is 23.4 Å². The van der Waals surface area contributed by atoms with Crippen LogP contribution in [0.4, 0.5) is 10.1 Å². The molecule has 1 aliphatic carbocycles. The van der Waals surface area contributed by atoms with Gasteiger partial charge in [-0.15, -0.1) is 0 Å². The summed E-state index contributed by atoms with van der Waals surface area (Å²) in [6, 6.07) is 6.22. The molecule has 0 unspecified atom stereocenters. The molecular formula is C16H11ClFN3O. The summed E-state index contributed by atoms with van der Waals surface area (Å²) in [7, 11) is 0. The molecule has 22 heavy (non-hydrogen) atoms. The second-order valence-electron chi connectivity index (χ2n) is 4.73. The summed E-state index contributed by atoms with van der Waals surface area (Å²) in [6.45, 7) is 0. The number of rotatable bonds is 3. The number of pyridine rings is 1. The molecule has 0 bridgehead atoms. The van der Waals surface area contributed by atoms with Crippen LogP contribution in [0, 0.1) is 17.1 Å². The fraction of sp³-hybridized carbons (Fsp3) is 0.125. The van der Waals surface area contributed by atoms with Crippen molar-refractivity contribution < 1.29 is 9.23 Å². The van der Waals surface area contributed by atoms with Gasteiger partial charge < -0.3 is 4.84 Å². The Morgan fingerprint density at radius 1 is 1.32 bits per heavy atom. The molecule has 0 saturated heterocycles. The van der Waals surface area contributed by atoms with Crippen molar-refractivity contribution in [3.05, 3.63) is 51.4 Å². The Hall–Kier alpha value is -2.58. The predicted octanol–water partition coefficient (Wildman–Crippen LogP) is 2.51. The van der Waals surface area contributed by atoms with E-state index in [4.69, 9.17) is 16.4 Å². The van der Waals surface area contributed by atoms with Gasteiger partial charge >= 0.3 is 0 Å². The Morgan fingerprint density at radius 2 is 2.14 bits per heavy atom. The topological polar surface area (TPSA) is 57.9 Å². The monoisotopic (exact) mass is 315 g/mol. The molecule has 2 aromatic rings. The fourth-order valence-corrected chi connectivity index (χ4v) is 2.36. The minimum absolute atomic E-state index is 0.138. The number of fused-ring (bicyclic) bond motifs is 1. The lowest BCUT2D eigenvalue weighted by atomic mass is 10.1. The maximum atomic E-state index is 13.8. The zero-order valence-electron chi connectivity index (χ0n) is 11.4. The molecule has 1 N–H and O–H groups in total. The standard InChI is InChI=1S/C16H11ClFN3O/c17-11-5-6-15(13(18)7-11)21-22-16-10(8-19)9-20-14-4-2-1-3-12(14)16/h3-7,9,21H,1-2H2. The number of hydrogen-bond acceptors (Lipinski definition) is 4. The molecule has 0 radical (unpaired) electrons. The Kier molecular flexibility index (Phi) is 3.94. The Balaban J connectivity index is 1.98. The molecule has 0 aliphatic heterocycles. The largest absolute Gasteiger partial charge is 0.380 e. The van der Waals surface area contributed by atoms with Crippen LogP contribution < -0.4 is 20.9 Å². The third kappa shape index (κ3) is 2.74. The molecule has 1 heterocycles. The van der Waals surface area contributed by atoms with E-state index in [-0.39, 0.29) is 11.3 Å². The highest BCUT2D eigenvalue weighted by atomic mass is 35.5. The van der Waals surface area contributed by atoms with Crippen molar-refractivity contribution in [2.24, 2.45) is 0 Å². The first-order valence-electron chi connectivity index (χ1n) is 6.66. The van der Waals surface area contributed by atoms with Crippen LogP contribution in [0.3, 0.4) is 0 Å². The summed E-state index contributed by atoms with van der Waals surface area (Å²) in [5.74, 6) is -0.192. The van der Waals surface area contributed by atoms with Gasteiger partial charge in [-0.25, -0.2) is 9.87 Å². The van der Waals surface area contributed by atoms with Crippen LogP contribution in [-0.2, 0) is 0 Å². The molecule has 6 heteroatoms. The maximum Gasteiger partial charge on any atom is 0.183 e. The summed E-state index contributed by atoms with van der Waals surface area (Å²) < 4.78 is 13.8. The number of nitriles is 1. The number of anilines is 1. The van der Waals surface area contributed by atoms with Crippen LogP contribution in [-0.4, -0.2) is 4.98 Å².